The summed E-state index contributed by atoms with van der Waals surface area (Å²) in [6.07, 6.45) is 0. The molecule has 0 fully saturated rings. The predicted molar refractivity (Wildman–Crippen MR) is 90.7 cm³/mol. The van der Waals surface area contributed by atoms with Gasteiger partial charge in [-0.15, -0.1) is 0 Å². The summed E-state index contributed by atoms with van der Waals surface area (Å²) >= 11 is 1.66. The number of rotatable bonds is 5. The molecule has 120 valence electrons. The van der Waals surface area contributed by atoms with E-state index in [1.165, 1.54) is 5.56 Å². The van der Waals surface area contributed by atoms with E-state index in [1.54, 1.807) is 39.2 Å². The summed E-state index contributed by atoms with van der Waals surface area (Å²) in [7, 11) is 0.523. The second kappa shape index (κ2) is 7.26. The molecule has 1 aromatic rings. The van der Waals surface area contributed by atoms with Gasteiger partial charge >= 0.3 is 0 Å². The van der Waals surface area contributed by atoms with Crippen molar-refractivity contribution in [1.82, 2.24) is 10.2 Å². The van der Waals surface area contributed by atoms with Crippen LogP contribution in [0.4, 0.5) is 0 Å². The maximum Gasteiger partial charge on any atom is 0.193 e. The van der Waals surface area contributed by atoms with Crippen LogP contribution in [0.25, 0.3) is 0 Å². The third-order valence-electron chi connectivity index (χ3n) is 3.16. The molecule has 7 heteroatoms. The van der Waals surface area contributed by atoms with Crippen LogP contribution in [-0.2, 0) is 16.4 Å². The van der Waals surface area contributed by atoms with E-state index in [1.807, 2.05) is 17.3 Å². The molecule has 0 aliphatic carbocycles. The fraction of sp³-hybridized carbons (Fsp3) is 0.643. The lowest BCUT2D eigenvalue weighted by molar-refractivity contribution is 0.479. The molecular formula is C14H25N3O2S2. The summed E-state index contributed by atoms with van der Waals surface area (Å²) in [5.74, 6) is 0.798. The van der Waals surface area contributed by atoms with Crippen molar-refractivity contribution in [3.8, 4) is 0 Å². The molecule has 1 N–H and O–H groups in total. The first-order valence-corrected chi connectivity index (χ1v) is 9.42. The molecule has 1 heterocycles. The zero-order valence-electron chi connectivity index (χ0n) is 13.4. The first-order valence-electron chi connectivity index (χ1n) is 6.82. The van der Waals surface area contributed by atoms with Crippen molar-refractivity contribution < 1.29 is 8.42 Å². The molecule has 0 radical (unpaired) electrons. The Hall–Kier alpha value is -1.08. The number of nitrogens with one attached hydrogen (secondary N) is 1. The Bertz CT molecular complexity index is 558. The highest BCUT2D eigenvalue weighted by molar-refractivity contribution is 7.92. The number of thiophene rings is 1. The Labute approximate surface area is 132 Å². The third kappa shape index (κ3) is 5.32. The topological polar surface area (TPSA) is 61.8 Å². The van der Waals surface area contributed by atoms with Gasteiger partial charge in [0.25, 0.3) is 0 Å². The second-order valence-electron chi connectivity index (χ2n) is 5.89. The van der Waals surface area contributed by atoms with Crippen molar-refractivity contribution in [2.75, 3.05) is 26.4 Å². The zero-order chi connectivity index (χ0) is 16.1. The largest absolute Gasteiger partial charge is 0.355 e. The number of aliphatic imine (C=N–C) groups is 1. The summed E-state index contributed by atoms with van der Waals surface area (Å²) in [6.45, 7) is 6.27. The molecule has 21 heavy (non-hydrogen) atoms. The van der Waals surface area contributed by atoms with Gasteiger partial charge in [-0.05, 0) is 43.2 Å². The number of sulfone groups is 1. The van der Waals surface area contributed by atoms with Crippen LogP contribution in [0.15, 0.2) is 21.8 Å². The first kappa shape index (κ1) is 18.0. The summed E-state index contributed by atoms with van der Waals surface area (Å²) in [6, 6.07) is 2.07. The normalized spacial score (nSPS) is 13.3. The lowest BCUT2D eigenvalue weighted by Gasteiger charge is -2.23. The Morgan fingerprint density at radius 3 is 2.57 bits per heavy atom. The van der Waals surface area contributed by atoms with Crippen LogP contribution in [-0.4, -0.2) is 50.4 Å². The zero-order valence-corrected chi connectivity index (χ0v) is 15.0. The van der Waals surface area contributed by atoms with E-state index in [9.17, 15) is 8.42 Å². The maximum absolute atomic E-state index is 12.1. The SMILES string of the molecule is CN=C(NCCS(=O)(=O)C(C)(C)C)N(C)Cc1ccsc1. The Morgan fingerprint density at radius 2 is 2.10 bits per heavy atom. The van der Waals surface area contributed by atoms with Gasteiger partial charge < -0.3 is 10.2 Å². The van der Waals surface area contributed by atoms with Crippen LogP contribution < -0.4 is 5.32 Å². The van der Waals surface area contributed by atoms with Crippen molar-refractivity contribution in [3.05, 3.63) is 22.4 Å². The van der Waals surface area contributed by atoms with Crippen molar-refractivity contribution in [2.45, 2.75) is 32.1 Å². The molecule has 1 rings (SSSR count). The third-order valence-corrected chi connectivity index (χ3v) is 6.50. The molecule has 1 aromatic heterocycles. The van der Waals surface area contributed by atoms with Crippen LogP contribution in [0.5, 0.6) is 0 Å². The molecule has 0 saturated heterocycles. The van der Waals surface area contributed by atoms with Gasteiger partial charge in [0.2, 0.25) is 0 Å². The van der Waals surface area contributed by atoms with Crippen LogP contribution >= 0.6 is 11.3 Å². The lowest BCUT2D eigenvalue weighted by Crippen LogP contribution is -2.42. The van der Waals surface area contributed by atoms with E-state index in [0.717, 1.165) is 6.54 Å². The van der Waals surface area contributed by atoms with E-state index in [-0.39, 0.29) is 5.75 Å². The van der Waals surface area contributed by atoms with E-state index in [4.69, 9.17) is 0 Å². The number of guanidine groups is 1. The molecule has 0 bridgehead atoms. The predicted octanol–water partition coefficient (Wildman–Crippen LogP) is 1.97. The van der Waals surface area contributed by atoms with Crippen molar-refractivity contribution in [3.63, 3.8) is 0 Å². The minimum Gasteiger partial charge on any atom is -0.355 e. The molecule has 0 amide bonds. The molecule has 0 aliphatic rings. The van der Waals surface area contributed by atoms with E-state index >= 15 is 0 Å². The molecule has 0 saturated carbocycles. The Kier molecular flexibility index (Phi) is 6.22. The summed E-state index contributed by atoms with van der Waals surface area (Å²) in [4.78, 5) is 6.17. The van der Waals surface area contributed by atoms with Crippen LogP contribution in [0.2, 0.25) is 0 Å². The van der Waals surface area contributed by atoms with Crippen molar-refractivity contribution >= 4 is 27.1 Å². The molecule has 0 unspecified atom stereocenters. The highest BCUT2D eigenvalue weighted by Gasteiger charge is 2.28. The van der Waals surface area contributed by atoms with Gasteiger partial charge in [-0.1, -0.05) is 0 Å². The van der Waals surface area contributed by atoms with Gasteiger partial charge in [0.05, 0.1) is 10.5 Å². The average Bonchev–Trinajstić information content (AvgIpc) is 2.85. The van der Waals surface area contributed by atoms with E-state index < -0.39 is 14.6 Å². The standard InChI is InChI=1S/C14H25N3O2S2/c1-14(2,3)21(18,19)9-7-16-13(15-4)17(5)10-12-6-8-20-11-12/h6,8,11H,7,9-10H2,1-5H3,(H,15,16). The fourth-order valence-electron chi connectivity index (χ4n) is 1.72. The quantitative estimate of drug-likeness (QED) is 0.662. The van der Waals surface area contributed by atoms with Crippen molar-refractivity contribution in [2.24, 2.45) is 4.99 Å². The summed E-state index contributed by atoms with van der Waals surface area (Å²) in [5, 5.41) is 7.24. The minimum absolute atomic E-state index is 0.0990. The van der Waals surface area contributed by atoms with Gasteiger partial charge in [-0.25, -0.2) is 8.42 Å². The highest BCUT2D eigenvalue weighted by atomic mass is 32.2. The number of hydrogen-bond donors (Lipinski definition) is 1. The summed E-state index contributed by atoms with van der Waals surface area (Å²) in [5.41, 5.74) is 1.22. The Morgan fingerprint density at radius 1 is 1.43 bits per heavy atom. The average molecular weight is 332 g/mol. The van der Waals surface area contributed by atoms with Crippen molar-refractivity contribution in [1.29, 1.82) is 0 Å². The molecule has 0 aliphatic heterocycles. The maximum atomic E-state index is 12.1. The lowest BCUT2D eigenvalue weighted by atomic mass is 10.3. The molecule has 0 atom stereocenters. The van der Waals surface area contributed by atoms with E-state index in [0.29, 0.717) is 12.5 Å². The van der Waals surface area contributed by atoms with Crippen LogP contribution in [0, 0.1) is 0 Å². The van der Waals surface area contributed by atoms with Gasteiger partial charge in [-0.2, -0.15) is 11.3 Å². The van der Waals surface area contributed by atoms with Crippen LogP contribution in [0.3, 0.4) is 0 Å². The first-order chi connectivity index (χ1) is 9.67. The number of hydrogen-bond acceptors (Lipinski definition) is 4. The second-order valence-corrected chi connectivity index (χ2v) is 9.54. The summed E-state index contributed by atoms with van der Waals surface area (Å²) < 4.78 is 23.4. The van der Waals surface area contributed by atoms with Gasteiger partial charge in [0.15, 0.2) is 15.8 Å². The number of nitrogens with zero attached hydrogens (tertiary/aromatic N) is 2. The highest BCUT2D eigenvalue weighted by Crippen LogP contribution is 2.15. The molecule has 0 aromatic carbocycles. The minimum atomic E-state index is -3.11. The molecular weight excluding hydrogens is 306 g/mol. The van der Waals surface area contributed by atoms with Gasteiger partial charge in [0.1, 0.15) is 0 Å². The van der Waals surface area contributed by atoms with Gasteiger partial charge in [0, 0.05) is 27.2 Å². The van der Waals surface area contributed by atoms with Crippen LogP contribution in [0.1, 0.15) is 26.3 Å². The van der Waals surface area contributed by atoms with E-state index in [2.05, 4.69) is 21.8 Å². The smallest absolute Gasteiger partial charge is 0.193 e. The fourth-order valence-corrected chi connectivity index (χ4v) is 3.36. The monoisotopic (exact) mass is 331 g/mol. The molecule has 0 spiro atoms. The van der Waals surface area contributed by atoms with Gasteiger partial charge in [-0.3, -0.25) is 4.99 Å². The Balaban J connectivity index is 2.52. The molecule has 5 nitrogen and oxygen atoms in total.